The van der Waals surface area contributed by atoms with Crippen LogP contribution < -0.4 is 4.90 Å². The minimum atomic E-state index is -0.289. The molecule has 0 heterocycles. The molecule has 0 spiro atoms. The third-order valence-corrected chi connectivity index (χ3v) is 1.46. The van der Waals surface area contributed by atoms with Gasteiger partial charge >= 0.3 is 0 Å². The van der Waals surface area contributed by atoms with E-state index >= 15 is 0 Å². The summed E-state index contributed by atoms with van der Waals surface area (Å²) in [5, 5.41) is 8.68. The average Bonchev–Trinajstić information content (AvgIpc) is 2.03. The number of aliphatic hydroxyl groups excluding tert-OH is 1. The predicted molar refractivity (Wildman–Crippen MR) is 41.9 cm³/mol. The van der Waals surface area contributed by atoms with Crippen molar-refractivity contribution in [1.82, 2.24) is 0 Å². The van der Waals surface area contributed by atoms with Gasteiger partial charge in [0.1, 0.15) is 12.5 Å². The summed E-state index contributed by atoms with van der Waals surface area (Å²) < 4.78 is 12.6. The van der Waals surface area contributed by atoms with Crippen LogP contribution in [0.3, 0.4) is 0 Å². The fraction of sp³-hybridized carbons (Fsp3) is 0.250. The first-order valence-electron chi connectivity index (χ1n) is 3.31. The van der Waals surface area contributed by atoms with Crippen LogP contribution in [0, 0.1) is 5.82 Å². The average molecular weight is 155 g/mol. The van der Waals surface area contributed by atoms with Crippen LogP contribution in [0.2, 0.25) is 0 Å². The van der Waals surface area contributed by atoms with Crippen molar-refractivity contribution in [3.05, 3.63) is 30.1 Å². The van der Waals surface area contributed by atoms with Gasteiger partial charge in [0.2, 0.25) is 0 Å². The van der Waals surface area contributed by atoms with Gasteiger partial charge in [-0.15, -0.1) is 0 Å². The molecule has 0 aliphatic heterocycles. The van der Waals surface area contributed by atoms with Crippen LogP contribution in [0.4, 0.5) is 10.1 Å². The van der Waals surface area contributed by atoms with Crippen LogP contribution in [0.5, 0.6) is 0 Å². The van der Waals surface area contributed by atoms with Crippen molar-refractivity contribution >= 4 is 5.69 Å². The van der Waals surface area contributed by atoms with Gasteiger partial charge in [0, 0.05) is 12.7 Å². The molecule has 0 aliphatic carbocycles. The van der Waals surface area contributed by atoms with Crippen molar-refractivity contribution in [1.29, 1.82) is 0 Å². The Morgan fingerprint density at radius 2 is 2.27 bits per heavy atom. The van der Waals surface area contributed by atoms with Crippen LogP contribution in [-0.4, -0.2) is 18.9 Å². The van der Waals surface area contributed by atoms with E-state index in [9.17, 15) is 4.39 Å². The van der Waals surface area contributed by atoms with E-state index in [4.69, 9.17) is 5.11 Å². The third kappa shape index (κ3) is 1.91. The fourth-order valence-electron chi connectivity index (χ4n) is 0.795. The largest absolute Gasteiger partial charge is 0.376 e. The second-order valence-corrected chi connectivity index (χ2v) is 2.32. The summed E-state index contributed by atoms with van der Waals surface area (Å²) in [6.07, 6.45) is 0. The SMILES string of the molecule is CN(CO)c1cccc(F)c1. The highest BCUT2D eigenvalue weighted by atomic mass is 19.1. The topological polar surface area (TPSA) is 23.5 Å². The molecule has 0 atom stereocenters. The maximum atomic E-state index is 12.6. The van der Waals surface area contributed by atoms with Gasteiger partial charge in [0.15, 0.2) is 0 Å². The van der Waals surface area contributed by atoms with Gasteiger partial charge in [-0.1, -0.05) is 6.07 Å². The fourth-order valence-corrected chi connectivity index (χ4v) is 0.795. The molecule has 2 nitrogen and oxygen atoms in total. The van der Waals surface area contributed by atoms with Gasteiger partial charge in [0.25, 0.3) is 0 Å². The van der Waals surface area contributed by atoms with Crippen molar-refractivity contribution in [3.63, 3.8) is 0 Å². The normalized spacial score (nSPS) is 9.73. The molecule has 0 aromatic heterocycles. The molecule has 0 amide bonds. The summed E-state index contributed by atoms with van der Waals surface area (Å²) in [7, 11) is 1.69. The van der Waals surface area contributed by atoms with Crippen molar-refractivity contribution in [2.45, 2.75) is 0 Å². The number of nitrogens with zero attached hydrogens (tertiary/aromatic N) is 1. The molecule has 0 radical (unpaired) electrons. The number of rotatable bonds is 2. The number of anilines is 1. The monoisotopic (exact) mass is 155 g/mol. The van der Waals surface area contributed by atoms with Gasteiger partial charge in [-0.2, -0.15) is 0 Å². The molecule has 0 unspecified atom stereocenters. The molecule has 0 bridgehead atoms. The Balaban J connectivity index is 2.86. The first-order chi connectivity index (χ1) is 5.24. The number of hydrogen-bond acceptors (Lipinski definition) is 2. The van der Waals surface area contributed by atoms with Gasteiger partial charge < -0.3 is 10.0 Å². The van der Waals surface area contributed by atoms with Crippen LogP contribution in [0.25, 0.3) is 0 Å². The minimum Gasteiger partial charge on any atom is -0.376 e. The van der Waals surface area contributed by atoms with E-state index in [1.807, 2.05) is 0 Å². The number of hydrogen-bond donors (Lipinski definition) is 1. The second-order valence-electron chi connectivity index (χ2n) is 2.32. The molecule has 1 rings (SSSR count). The first kappa shape index (κ1) is 8.01. The highest BCUT2D eigenvalue weighted by molar-refractivity contribution is 5.44. The van der Waals surface area contributed by atoms with E-state index in [0.717, 1.165) is 0 Å². The summed E-state index contributed by atoms with van der Waals surface area (Å²) in [6, 6.07) is 6.08. The van der Waals surface area contributed by atoms with Crippen LogP contribution >= 0.6 is 0 Å². The summed E-state index contributed by atoms with van der Waals surface area (Å²) in [5.74, 6) is -0.289. The molecule has 1 aromatic carbocycles. The number of halogens is 1. The molecule has 11 heavy (non-hydrogen) atoms. The standard InChI is InChI=1S/C8H10FNO/c1-10(6-11)8-4-2-3-7(9)5-8/h2-5,11H,6H2,1H3. The van der Waals surface area contributed by atoms with Gasteiger partial charge in [-0.3, -0.25) is 0 Å². The molecule has 3 heteroatoms. The Bertz CT molecular complexity index is 239. The lowest BCUT2D eigenvalue weighted by atomic mass is 10.3. The Morgan fingerprint density at radius 1 is 1.55 bits per heavy atom. The van der Waals surface area contributed by atoms with Crippen molar-refractivity contribution in [2.75, 3.05) is 18.7 Å². The van der Waals surface area contributed by atoms with E-state index in [0.29, 0.717) is 5.69 Å². The highest BCUT2D eigenvalue weighted by Crippen LogP contribution is 2.12. The van der Waals surface area contributed by atoms with Crippen molar-refractivity contribution in [2.24, 2.45) is 0 Å². The Kier molecular flexibility index (Phi) is 2.44. The second kappa shape index (κ2) is 3.34. The lowest BCUT2D eigenvalue weighted by Gasteiger charge is -2.14. The quantitative estimate of drug-likeness (QED) is 0.649. The lowest BCUT2D eigenvalue weighted by Crippen LogP contribution is -2.17. The van der Waals surface area contributed by atoms with Crippen LogP contribution in [0.1, 0.15) is 0 Å². The van der Waals surface area contributed by atoms with E-state index in [-0.39, 0.29) is 12.5 Å². The third-order valence-electron chi connectivity index (χ3n) is 1.46. The Hall–Kier alpha value is -1.09. The molecule has 1 aromatic rings. The minimum absolute atomic E-state index is 0.108. The molecular formula is C8H10FNO. The van der Waals surface area contributed by atoms with Crippen LogP contribution in [-0.2, 0) is 0 Å². The van der Waals surface area contributed by atoms with Gasteiger partial charge in [0.05, 0.1) is 0 Å². The summed E-state index contributed by atoms with van der Waals surface area (Å²) in [4.78, 5) is 1.54. The van der Waals surface area contributed by atoms with Gasteiger partial charge in [-0.25, -0.2) is 4.39 Å². The summed E-state index contributed by atoms with van der Waals surface area (Å²) in [6.45, 7) is -0.108. The van der Waals surface area contributed by atoms with Gasteiger partial charge in [-0.05, 0) is 18.2 Å². The number of benzene rings is 1. The highest BCUT2D eigenvalue weighted by Gasteiger charge is 1.98. The molecule has 0 saturated heterocycles. The molecular weight excluding hydrogens is 145 g/mol. The zero-order valence-electron chi connectivity index (χ0n) is 6.29. The maximum absolute atomic E-state index is 12.6. The molecule has 60 valence electrons. The van der Waals surface area contributed by atoms with E-state index < -0.39 is 0 Å². The molecule has 0 fully saturated rings. The summed E-state index contributed by atoms with van der Waals surface area (Å²) in [5.41, 5.74) is 0.674. The summed E-state index contributed by atoms with van der Waals surface area (Å²) >= 11 is 0. The van der Waals surface area contributed by atoms with E-state index in [1.165, 1.54) is 12.1 Å². The van der Waals surface area contributed by atoms with Crippen molar-refractivity contribution in [3.8, 4) is 0 Å². The first-order valence-corrected chi connectivity index (χ1v) is 3.31. The predicted octanol–water partition coefficient (Wildman–Crippen LogP) is 1.21. The Labute approximate surface area is 64.9 Å². The lowest BCUT2D eigenvalue weighted by molar-refractivity contribution is 0.298. The van der Waals surface area contributed by atoms with Crippen molar-refractivity contribution < 1.29 is 9.50 Å². The van der Waals surface area contributed by atoms with Crippen LogP contribution in [0.15, 0.2) is 24.3 Å². The molecule has 1 N–H and O–H groups in total. The van der Waals surface area contributed by atoms with E-state index in [1.54, 1.807) is 24.1 Å². The number of aliphatic hydroxyl groups is 1. The Morgan fingerprint density at radius 3 is 2.82 bits per heavy atom. The smallest absolute Gasteiger partial charge is 0.125 e. The molecule has 0 saturated carbocycles. The maximum Gasteiger partial charge on any atom is 0.125 e. The molecule has 0 aliphatic rings. The van der Waals surface area contributed by atoms with E-state index in [2.05, 4.69) is 0 Å². The zero-order valence-corrected chi connectivity index (χ0v) is 6.29. The zero-order chi connectivity index (χ0) is 8.27.